The van der Waals surface area contributed by atoms with Crippen molar-refractivity contribution in [1.29, 1.82) is 0 Å². The first-order chi connectivity index (χ1) is 21.7. The predicted octanol–water partition coefficient (Wildman–Crippen LogP) is 5.93. The van der Waals surface area contributed by atoms with Gasteiger partial charge in [-0.2, -0.15) is 4.31 Å². The van der Waals surface area contributed by atoms with Crippen molar-refractivity contribution in [3.05, 3.63) is 89.5 Å². The molecule has 8 rings (SSSR count). The van der Waals surface area contributed by atoms with E-state index in [2.05, 4.69) is 32.1 Å². The van der Waals surface area contributed by atoms with Crippen LogP contribution < -0.4 is 4.74 Å². The summed E-state index contributed by atoms with van der Waals surface area (Å²) in [7, 11) is -2.02. The van der Waals surface area contributed by atoms with Gasteiger partial charge in [-0.1, -0.05) is 62.4 Å². The van der Waals surface area contributed by atoms with Crippen molar-refractivity contribution in [3.63, 3.8) is 0 Å². The molecule has 2 aromatic rings. The fourth-order valence-corrected chi connectivity index (χ4v) is 11.7. The van der Waals surface area contributed by atoms with Gasteiger partial charge in [0, 0.05) is 40.5 Å². The van der Waals surface area contributed by atoms with Gasteiger partial charge < -0.3 is 14.9 Å². The number of sulfonamides is 1. The number of aliphatic hydroxyl groups excluding tert-OH is 1. The van der Waals surface area contributed by atoms with Crippen molar-refractivity contribution in [1.82, 2.24) is 4.31 Å². The van der Waals surface area contributed by atoms with E-state index in [4.69, 9.17) is 4.74 Å². The number of aliphatic hydroxyl groups is 2. The van der Waals surface area contributed by atoms with E-state index in [9.17, 15) is 23.4 Å². The van der Waals surface area contributed by atoms with Crippen molar-refractivity contribution in [2.45, 2.75) is 77.0 Å². The smallest absolute Gasteiger partial charge is 0.211 e. The van der Waals surface area contributed by atoms with Crippen molar-refractivity contribution in [3.8, 4) is 5.75 Å². The SMILES string of the molecule is COc1ccc(C(=O)C2=CC34C=CC25C(CCC2(C)C5CCC2(O)CN(Cc2ccccc2)S(C)(=O)=O)C3(C)CCC(O)C4)cc1. The standard InChI is InChI=1S/C38H47NO6S/c1-34-17-14-28(40)22-36(34)20-21-38(30(23-36)33(41)27-10-12-29(45-3)13-11-27)31(34)15-18-35(2)32(38)16-19-37(35,42)25-39(46(4,43)44)24-26-8-6-5-7-9-26/h5-13,20-21,23,28,31-32,40,42H,14-19,22,24-25H2,1-4H3. The van der Waals surface area contributed by atoms with E-state index in [1.165, 1.54) is 10.6 Å². The molecule has 8 atom stereocenters. The molecular weight excluding hydrogens is 598 g/mol. The van der Waals surface area contributed by atoms with Crippen LogP contribution in [0.25, 0.3) is 0 Å². The summed E-state index contributed by atoms with van der Waals surface area (Å²) in [4.78, 5) is 14.7. The number of allylic oxidation sites excluding steroid dienone is 4. The van der Waals surface area contributed by atoms with Crippen LogP contribution in [-0.2, 0) is 16.6 Å². The average molecular weight is 646 g/mol. The first kappa shape index (κ1) is 31.8. The van der Waals surface area contributed by atoms with Crippen LogP contribution in [0.3, 0.4) is 0 Å². The van der Waals surface area contributed by atoms with E-state index in [-0.39, 0.29) is 36.1 Å². The van der Waals surface area contributed by atoms with Gasteiger partial charge in [0.25, 0.3) is 0 Å². The Balaban J connectivity index is 1.33. The Kier molecular flexibility index (Phi) is 7.34. The Hall–Kier alpha value is -2.78. The van der Waals surface area contributed by atoms with Gasteiger partial charge in [0.15, 0.2) is 5.78 Å². The first-order valence-electron chi connectivity index (χ1n) is 16.7. The highest BCUT2D eigenvalue weighted by Crippen LogP contribution is 2.78. The molecule has 2 bridgehead atoms. The molecule has 0 heterocycles. The quantitative estimate of drug-likeness (QED) is 0.273. The molecular formula is C38H47NO6S. The van der Waals surface area contributed by atoms with Crippen LogP contribution in [0.2, 0.25) is 0 Å². The van der Waals surface area contributed by atoms with E-state index in [0.717, 1.165) is 36.8 Å². The average Bonchev–Trinajstić information content (AvgIpc) is 3.30. The van der Waals surface area contributed by atoms with Gasteiger partial charge in [-0.3, -0.25) is 4.79 Å². The molecule has 246 valence electrons. The summed E-state index contributed by atoms with van der Waals surface area (Å²) in [6.45, 7) is 4.71. The number of fused-ring (bicyclic) bond motifs is 1. The second-order valence-electron chi connectivity index (χ2n) is 15.4. The van der Waals surface area contributed by atoms with Gasteiger partial charge in [0.1, 0.15) is 5.75 Å². The summed E-state index contributed by atoms with van der Waals surface area (Å²) in [5.74, 6) is 0.772. The predicted molar refractivity (Wildman–Crippen MR) is 178 cm³/mol. The monoisotopic (exact) mass is 645 g/mol. The number of hydrogen-bond donors (Lipinski definition) is 2. The zero-order valence-corrected chi connectivity index (χ0v) is 28.2. The topological polar surface area (TPSA) is 104 Å². The van der Waals surface area contributed by atoms with Crippen molar-refractivity contribution in [2.24, 2.45) is 33.5 Å². The van der Waals surface area contributed by atoms with Crippen LogP contribution in [0.15, 0.2) is 78.4 Å². The van der Waals surface area contributed by atoms with Crippen LogP contribution in [-0.4, -0.2) is 60.3 Å². The molecule has 7 nitrogen and oxygen atoms in total. The molecule has 0 radical (unpaired) electrons. The summed E-state index contributed by atoms with van der Waals surface area (Å²) in [5.41, 5.74) is -0.813. The number of ketones is 1. The van der Waals surface area contributed by atoms with Crippen molar-refractivity contribution in [2.75, 3.05) is 19.9 Å². The summed E-state index contributed by atoms with van der Waals surface area (Å²) >= 11 is 0. The van der Waals surface area contributed by atoms with Crippen LogP contribution in [0, 0.1) is 33.5 Å². The van der Waals surface area contributed by atoms with Gasteiger partial charge in [0.05, 0.1) is 25.1 Å². The molecule has 3 fully saturated rings. The van der Waals surface area contributed by atoms with Gasteiger partial charge >= 0.3 is 0 Å². The highest BCUT2D eigenvalue weighted by atomic mass is 32.2. The maximum absolute atomic E-state index is 14.7. The molecule has 3 saturated carbocycles. The van der Waals surface area contributed by atoms with Crippen LogP contribution >= 0.6 is 0 Å². The number of nitrogens with zero attached hydrogens (tertiary/aromatic N) is 1. The van der Waals surface area contributed by atoms with E-state index in [1.54, 1.807) is 7.11 Å². The normalized spacial score (nSPS) is 39.4. The number of hydrogen-bond acceptors (Lipinski definition) is 6. The van der Waals surface area contributed by atoms with Gasteiger partial charge in [-0.25, -0.2) is 8.42 Å². The second-order valence-corrected chi connectivity index (χ2v) is 17.4. The highest BCUT2D eigenvalue weighted by molar-refractivity contribution is 7.88. The number of ether oxygens (including phenoxy) is 1. The minimum Gasteiger partial charge on any atom is -0.497 e. The lowest BCUT2D eigenvalue weighted by molar-refractivity contribution is -0.173. The molecule has 2 aromatic carbocycles. The number of Topliss-reactive ketones (excluding diaryl/α,β-unsaturated/α-hetero) is 1. The van der Waals surface area contributed by atoms with Gasteiger partial charge in [0.2, 0.25) is 10.0 Å². The summed E-state index contributed by atoms with van der Waals surface area (Å²) < 4.78 is 33.2. The van der Waals surface area contributed by atoms with Crippen molar-refractivity contribution < 1.29 is 28.2 Å². The Bertz CT molecular complexity index is 1700. The molecule has 46 heavy (non-hydrogen) atoms. The Labute approximate surface area is 273 Å². The summed E-state index contributed by atoms with van der Waals surface area (Å²) in [6.07, 6.45) is 12.5. The zero-order chi connectivity index (χ0) is 32.8. The first-order valence-corrected chi connectivity index (χ1v) is 18.6. The zero-order valence-electron chi connectivity index (χ0n) is 27.4. The summed E-state index contributed by atoms with van der Waals surface area (Å²) in [5, 5.41) is 23.7. The fraction of sp³-hybridized carbons (Fsp3) is 0.553. The highest BCUT2D eigenvalue weighted by Gasteiger charge is 2.74. The molecule has 2 N–H and O–H groups in total. The molecule has 8 heteroatoms. The minimum absolute atomic E-state index is 0.0110. The third-order valence-corrected chi connectivity index (χ3v) is 14.6. The lowest BCUT2D eigenvalue weighted by atomic mass is 9.32. The van der Waals surface area contributed by atoms with E-state index in [0.29, 0.717) is 30.6 Å². The maximum Gasteiger partial charge on any atom is 0.211 e. The summed E-state index contributed by atoms with van der Waals surface area (Å²) in [6, 6.07) is 16.8. The van der Waals surface area contributed by atoms with E-state index >= 15 is 0 Å². The lowest BCUT2D eigenvalue weighted by Gasteiger charge is -2.71. The van der Waals surface area contributed by atoms with Gasteiger partial charge in [-0.05, 0) is 92.0 Å². The van der Waals surface area contributed by atoms with Crippen LogP contribution in [0.1, 0.15) is 74.7 Å². The number of rotatable bonds is 8. The molecule has 2 spiro atoms. The molecule has 0 saturated heterocycles. The minimum atomic E-state index is -3.63. The van der Waals surface area contributed by atoms with E-state index in [1.807, 2.05) is 54.6 Å². The lowest BCUT2D eigenvalue weighted by Crippen LogP contribution is -2.67. The fourth-order valence-electron chi connectivity index (χ4n) is 10.9. The third kappa shape index (κ3) is 4.39. The van der Waals surface area contributed by atoms with Crippen LogP contribution in [0.5, 0.6) is 5.75 Å². The number of methoxy groups -OCH3 is 1. The van der Waals surface area contributed by atoms with Crippen molar-refractivity contribution >= 4 is 15.8 Å². The second kappa shape index (κ2) is 10.6. The number of carbonyl (C=O) groups is 1. The van der Waals surface area contributed by atoms with E-state index < -0.39 is 38.0 Å². The Morgan fingerprint density at radius 3 is 2.26 bits per heavy atom. The third-order valence-electron chi connectivity index (χ3n) is 13.4. The number of carbonyl (C=O) groups excluding carboxylic acids is 1. The molecule has 0 amide bonds. The van der Waals surface area contributed by atoms with Crippen LogP contribution in [0.4, 0.5) is 0 Å². The maximum atomic E-state index is 14.7. The molecule has 6 aliphatic carbocycles. The Morgan fingerprint density at radius 1 is 0.935 bits per heavy atom. The Morgan fingerprint density at radius 2 is 1.59 bits per heavy atom. The van der Waals surface area contributed by atoms with Gasteiger partial charge in [-0.15, -0.1) is 0 Å². The molecule has 0 aromatic heterocycles. The molecule has 8 unspecified atom stereocenters. The number of benzene rings is 2. The largest absolute Gasteiger partial charge is 0.497 e. The molecule has 0 aliphatic heterocycles. The molecule has 6 aliphatic rings.